The van der Waals surface area contributed by atoms with E-state index in [0.717, 1.165) is 5.82 Å². The maximum absolute atomic E-state index is 13.2. The van der Waals surface area contributed by atoms with E-state index in [-0.39, 0.29) is 6.04 Å². The van der Waals surface area contributed by atoms with Crippen LogP contribution in [0, 0.1) is 0 Å². The second kappa shape index (κ2) is 6.14. The van der Waals surface area contributed by atoms with Crippen molar-refractivity contribution in [1.29, 1.82) is 0 Å². The summed E-state index contributed by atoms with van der Waals surface area (Å²) in [5.74, 6) is 0.758. The fraction of sp³-hybridized carbons (Fsp3) is 0.786. The summed E-state index contributed by atoms with van der Waals surface area (Å²) in [5, 5.41) is 3.27. The number of hydrogen-bond donors (Lipinski definition) is 1. The lowest BCUT2D eigenvalue weighted by molar-refractivity contribution is -0.0656. The monoisotopic (exact) mass is 343 g/mol. The molecule has 23 heavy (non-hydrogen) atoms. The molecule has 0 aromatic carbocycles. The molecule has 0 aliphatic carbocycles. The first-order valence-corrected chi connectivity index (χ1v) is 9.30. The molecule has 3 rings (SSSR count). The van der Waals surface area contributed by atoms with Gasteiger partial charge in [-0.2, -0.15) is 17.0 Å². The molecule has 8 nitrogen and oxygen atoms in total. The third-order valence-electron chi connectivity index (χ3n) is 4.36. The van der Waals surface area contributed by atoms with Crippen molar-refractivity contribution in [2.75, 3.05) is 39.3 Å². The van der Waals surface area contributed by atoms with Crippen molar-refractivity contribution in [3.05, 3.63) is 18.2 Å². The smallest absolute Gasteiger partial charge is 0.282 e. The van der Waals surface area contributed by atoms with E-state index in [9.17, 15) is 8.42 Å². The van der Waals surface area contributed by atoms with Crippen molar-refractivity contribution >= 4 is 10.2 Å². The highest BCUT2D eigenvalue weighted by Crippen LogP contribution is 2.28. The van der Waals surface area contributed by atoms with E-state index in [2.05, 4.69) is 10.3 Å². The molecule has 0 spiro atoms. The van der Waals surface area contributed by atoms with Crippen molar-refractivity contribution in [1.82, 2.24) is 23.5 Å². The standard InChI is InChI=1S/C14H25N5O3S/c1-14(2)11-18(8-9-22-14)23(20,21)19-7-4-15-10-12(19)13-16-5-6-17(13)3/h5-6,12,15H,4,7-11H2,1-3H3. The van der Waals surface area contributed by atoms with Gasteiger partial charge in [0.25, 0.3) is 10.2 Å². The Hall–Kier alpha value is -1.00. The molecule has 0 radical (unpaired) electrons. The quantitative estimate of drug-likeness (QED) is 0.817. The van der Waals surface area contributed by atoms with Crippen LogP contribution in [-0.4, -0.2) is 71.5 Å². The first-order chi connectivity index (χ1) is 10.8. The van der Waals surface area contributed by atoms with Gasteiger partial charge in [0.1, 0.15) is 5.82 Å². The molecular weight excluding hydrogens is 318 g/mol. The number of morpholine rings is 1. The lowest BCUT2D eigenvalue weighted by Gasteiger charge is -2.42. The molecule has 0 amide bonds. The summed E-state index contributed by atoms with van der Waals surface area (Å²) in [4.78, 5) is 4.35. The van der Waals surface area contributed by atoms with Gasteiger partial charge in [0.05, 0.1) is 18.2 Å². The Morgan fingerprint density at radius 2 is 2.17 bits per heavy atom. The minimum Gasteiger partial charge on any atom is -0.373 e. The third-order valence-corrected chi connectivity index (χ3v) is 6.36. The van der Waals surface area contributed by atoms with Gasteiger partial charge < -0.3 is 14.6 Å². The zero-order chi connectivity index (χ0) is 16.7. The normalized spacial score (nSPS) is 27.2. The Labute approximate surface area is 137 Å². The molecule has 9 heteroatoms. The maximum atomic E-state index is 13.2. The summed E-state index contributed by atoms with van der Waals surface area (Å²) in [6.07, 6.45) is 3.54. The van der Waals surface area contributed by atoms with Gasteiger partial charge in [-0.15, -0.1) is 0 Å². The number of nitrogens with one attached hydrogen (secondary N) is 1. The fourth-order valence-corrected chi connectivity index (χ4v) is 5.09. The number of imidazole rings is 1. The van der Waals surface area contributed by atoms with E-state index < -0.39 is 15.8 Å². The molecule has 1 N–H and O–H groups in total. The number of piperazine rings is 1. The molecule has 1 aromatic heterocycles. The summed E-state index contributed by atoms with van der Waals surface area (Å²) in [5.41, 5.74) is -0.460. The van der Waals surface area contributed by atoms with Crippen LogP contribution < -0.4 is 5.32 Å². The minimum absolute atomic E-state index is 0.292. The summed E-state index contributed by atoms with van der Waals surface area (Å²) in [7, 11) is -1.67. The Balaban J connectivity index is 1.89. The molecule has 1 atom stereocenters. The molecule has 1 aromatic rings. The molecule has 2 aliphatic heterocycles. The molecule has 2 saturated heterocycles. The zero-order valence-electron chi connectivity index (χ0n) is 13.9. The summed E-state index contributed by atoms with van der Waals surface area (Å²) >= 11 is 0. The second-order valence-corrected chi connectivity index (χ2v) is 8.56. The van der Waals surface area contributed by atoms with Crippen molar-refractivity contribution in [3.8, 4) is 0 Å². The maximum Gasteiger partial charge on any atom is 0.282 e. The van der Waals surface area contributed by atoms with Gasteiger partial charge in [-0.05, 0) is 13.8 Å². The Bertz CT molecular complexity index is 657. The van der Waals surface area contributed by atoms with Crippen molar-refractivity contribution < 1.29 is 13.2 Å². The fourth-order valence-electron chi connectivity index (χ4n) is 3.20. The third kappa shape index (κ3) is 3.29. The Morgan fingerprint density at radius 1 is 1.39 bits per heavy atom. The van der Waals surface area contributed by atoms with Gasteiger partial charge in [-0.1, -0.05) is 0 Å². The molecule has 3 heterocycles. The van der Waals surface area contributed by atoms with Crippen LogP contribution in [0.4, 0.5) is 0 Å². The molecular formula is C14H25N5O3S. The zero-order valence-corrected chi connectivity index (χ0v) is 14.7. The van der Waals surface area contributed by atoms with E-state index in [0.29, 0.717) is 39.3 Å². The highest BCUT2D eigenvalue weighted by molar-refractivity contribution is 7.86. The number of ether oxygens (including phenoxy) is 1. The van der Waals surface area contributed by atoms with Gasteiger partial charge in [0, 0.05) is 52.2 Å². The van der Waals surface area contributed by atoms with Crippen LogP contribution in [0.25, 0.3) is 0 Å². The lowest BCUT2D eigenvalue weighted by atomic mass is 10.1. The van der Waals surface area contributed by atoms with E-state index in [1.54, 1.807) is 10.5 Å². The van der Waals surface area contributed by atoms with Crippen LogP contribution in [0.3, 0.4) is 0 Å². The lowest BCUT2D eigenvalue weighted by Crippen LogP contribution is -2.58. The van der Waals surface area contributed by atoms with Crippen molar-refractivity contribution in [2.45, 2.75) is 25.5 Å². The predicted molar refractivity (Wildman–Crippen MR) is 86.0 cm³/mol. The van der Waals surface area contributed by atoms with Crippen LogP contribution in [0.5, 0.6) is 0 Å². The van der Waals surface area contributed by atoms with Crippen LogP contribution in [-0.2, 0) is 22.0 Å². The van der Waals surface area contributed by atoms with E-state index >= 15 is 0 Å². The summed E-state index contributed by atoms with van der Waals surface area (Å²) in [6.45, 7) is 6.68. The number of aromatic nitrogens is 2. The number of hydrogen-bond acceptors (Lipinski definition) is 5. The van der Waals surface area contributed by atoms with Crippen LogP contribution >= 0.6 is 0 Å². The van der Waals surface area contributed by atoms with Gasteiger partial charge in [-0.25, -0.2) is 4.98 Å². The number of nitrogens with zero attached hydrogens (tertiary/aromatic N) is 4. The van der Waals surface area contributed by atoms with Crippen molar-refractivity contribution in [2.24, 2.45) is 7.05 Å². The Kier molecular flexibility index (Phi) is 4.49. The van der Waals surface area contributed by atoms with Crippen LogP contribution in [0.1, 0.15) is 25.7 Å². The van der Waals surface area contributed by atoms with Crippen molar-refractivity contribution in [3.63, 3.8) is 0 Å². The average molecular weight is 343 g/mol. The highest BCUT2D eigenvalue weighted by Gasteiger charge is 2.42. The first-order valence-electron chi connectivity index (χ1n) is 7.90. The van der Waals surface area contributed by atoms with Crippen LogP contribution in [0.2, 0.25) is 0 Å². The number of rotatable bonds is 3. The SMILES string of the molecule is Cn1ccnc1C1CNCCN1S(=O)(=O)N1CCOC(C)(C)C1. The van der Waals surface area contributed by atoms with E-state index in [1.807, 2.05) is 31.7 Å². The summed E-state index contributed by atoms with van der Waals surface area (Å²) in [6, 6.07) is -0.292. The molecule has 130 valence electrons. The van der Waals surface area contributed by atoms with Gasteiger partial charge in [-0.3, -0.25) is 0 Å². The predicted octanol–water partition coefficient (Wildman–Crippen LogP) is -0.278. The molecule has 0 saturated carbocycles. The topological polar surface area (TPSA) is 79.7 Å². The molecule has 2 aliphatic rings. The van der Waals surface area contributed by atoms with E-state index in [1.165, 1.54) is 4.31 Å². The largest absolute Gasteiger partial charge is 0.373 e. The van der Waals surface area contributed by atoms with Gasteiger partial charge in [0.2, 0.25) is 0 Å². The Morgan fingerprint density at radius 3 is 2.83 bits per heavy atom. The number of aryl methyl sites for hydroxylation is 1. The molecule has 1 unspecified atom stereocenters. The first kappa shape index (κ1) is 16.8. The average Bonchev–Trinajstić information content (AvgIpc) is 2.92. The molecule has 2 fully saturated rings. The van der Waals surface area contributed by atoms with Gasteiger partial charge >= 0.3 is 0 Å². The van der Waals surface area contributed by atoms with Crippen LogP contribution in [0.15, 0.2) is 12.4 Å². The van der Waals surface area contributed by atoms with Gasteiger partial charge in [0.15, 0.2) is 0 Å². The molecule has 0 bridgehead atoms. The minimum atomic E-state index is -3.55. The second-order valence-electron chi connectivity index (χ2n) is 6.68. The highest BCUT2D eigenvalue weighted by atomic mass is 32.2. The summed E-state index contributed by atoms with van der Waals surface area (Å²) < 4.78 is 37.0. The van der Waals surface area contributed by atoms with E-state index in [4.69, 9.17) is 4.74 Å².